The number of amidine groups is 1. The maximum atomic E-state index is 7.28. The fourth-order valence-electron chi connectivity index (χ4n) is 2.12. The fourth-order valence-corrected chi connectivity index (χ4v) is 2.12. The standard InChI is InChI=1S/C13H13N5/c14-13(15)11-5-17-12(6-16-11)18-7-9-3-1-2-4-10(9)8-18/h1-6H,7-8H2,(H3,14,15). The van der Waals surface area contributed by atoms with E-state index in [9.17, 15) is 0 Å². The summed E-state index contributed by atoms with van der Waals surface area (Å²) in [5.74, 6) is 0.759. The SMILES string of the molecule is N=C(N)c1cnc(N2Cc3ccccc3C2)cn1. The van der Waals surface area contributed by atoms with E-state index in [1.807, 2.05) is 12.1 Å². The maximum absolute atomic E-state index is 7.28. The minimum absolute atomic E-state index is 0.0567. The zero-order valence-corrected chi connectivity index (χ0v) is 9.80. The Balaban J connectivity index is 1.84. The molecule has 0 saturated heterocycles. The van der Waals surface area contributed by atoms with Crippen LogP contribution in [0.1, 0.15) is 16.8 Å². The van der Waals surface area contributed by atoms with E-state index in [1.165, 1.54) is 11.1 Å². The molecule has 0 atom stereocenters. The summed E-state index contributed by atoms with van der Waals surface area (Å²) in [4.78, 5) is 10.6. The van der Waals surface area contributed by atoms with Crippen LogP contribution >= 0.6 is 0 Å². The summed E-state index contributed by atoms with van der Waals surface area (Å²) < 4.78 is 0. The Kier molecular flexibility index (Phi) is 2.44. The zero-order valence-electron chi connectivity index (χ0n) is 9.80. The van der Waals surface area contributed by atoms with Gasteiger partial charge in [0.15, 0.2) is 0 Å². The normalized spacial score (nSPS) is 13.4. The summed E-state index contributed by atoms with van der Waals surface area (Å²) in [7, 11) is 0. The van der Waals surface area contributed by atoms with Crippen LogP contribution in [0.3, 0.4) is 0 Å². The van der Waals surface area contributed by atoms with Gasteiger partial charge in [-0.2, -0.15) is 0 Å². The van der Waals surface area contributed by atoms with Crippen molar-refractivity contribution in [1.82, 2.24) is 9.97 Å². The number of benzene rings is 1. The Morgan fingerprint density at radius 1 is 1.11 bits per heavy atom. The summed E-state index contributed by atoms with van der Waals surface area (Å²) in [5, 5.41) is 7.28. The molecule has 5 heteroatoms. The van der Waals surface area contributed by atoms with Crippen LogP contribution in [0.15, 0.2) is 36.7 Å². The van der Waals surface area contributed by atoms with Gasteiger partial charge in [-0.15, -0.1) is 0 Å². The molecular formula is C13H13N5. The molecule has 1 aliphatic rings. The highest BCUT2D eigenvalue weighted by molar-refractivity contribution is 5.92. The number of anilines is 1. The molecule has 3 rings (SSSR count). The third-order valence-corrected chi connectivity index (χ3v) is 3.08. The van der Waals surface area contributed by atoms with Gasteiger partial charge >= 0.3 is 0 Å². The van der Waals surface area contributed by atoms with Crippen molar-refractivity contribution in [3.8, 4) is 0 Å². The van der Waals surface area contributed by atoms with E-state index < -0.39 is 0 Å². The van der Waals surface area contributed by atoms with Crippen LogP contribution in [0.4, 0.5) is 5.82 Å². The zero-order chi connectivity index (χ0) is 12.5. The maximum Gasteiger partial charge on any atom is 0.147 e. The molecule has 0 amide bonds. The first-order valence-electron chi connectivity index (χ1n) is 5.72. The van der Waals surface area contributed by atoms with E-state index in [0.717, 1.165) is 18.9 Å². The molecule has 5 nitrogen and oxygen atoms in total. The second kappa shape index (κ2) is 4.10. The number of nitrogen functional groups attached to an aromatic ring is 1. The number of nitrogens with zero attached hydrogens (tertiary/aromatic N) is 3. The van der Waals surface area contributed by atoms with Crippen molar-refractivity contribution in [2.24, 2.45) is 5.73 Å². The molecule has 0 unspecified atom stereocenters. The number of nitrogens with two attached hydrogens (primary N) is 1. The van der Waals surface area contributed by atoms with Crippen LogP contribution in [0.5, 0.6) is 0 Å². The van der Waals surface area contributed by atoms with Crippen LogP contribution in [-0.4, -0.2) is 15.8 Å². The molecule has 1 aliphatic heterocycles. The number of fused-ring (bicyclic) bond motifs is 1. The first kappa shape index (κ1) is 10.7. The Morgan fingerprint density at radius 3 is 2.28 bits per heavy atom. The third-order valence-electron chi connectivity index (χ3n) is 3.08. The van der Waals surface area contributed by atoms with Crippen molar-refractivity contribution in [2.45, 2.75) is 13.1 Å². The first-order chi connectivity index (χ1) is 8.74. The Morgan fingerprint density at radius 2 is 1.78 bits per heavy atom. The molecule has 2 heterocycles. The number of rotatable bonds is 2. The van der Waals surface area contributed by atoms with Gasteiger partial charge in [0.05, 0.1) is 12.4 Å². The Bertz CT molecular complexity index is 566. The molecule has 90 valence electrons. The second-order valence-corrected chi connectivity index (χ2v) is 4.30. The van der Waals surface area contributed by atoms with E-state index in [2.05, 4.69) is 27.0 Å². The van der Waals surface area contributed by atoms with Crippen molar-refractivity contribution in [3.63, 3.8) is 0 Å². The van der Waals surface area contributed by atoms with E-state index in [-0.39, 0.29) is 5.84 Å². The number of hydrogen-bond donors (Lipinski definition) is 2. The molecule has 0 saturated carbocycles. The van der Waals surface area contributed by atoms with Gasteiger partial charge in [-0.25, -0.2) is 9.97 Å². The van der Waals surface area contributed by atoms with Gasteiger partial charge in [0, 0.05) is 13.1 Å². The average molecular weight is 239 g/mol. The van der Waals surface area contributed by atoms with Crippen molar-refractivity contribution in [1.29, 1.82) is 5.41 Å². The molecule has 0 fully saturated rings. The highest BCUT2D eigenvalue weighted by Gasteiger charge is 2.19. The van der Waals surface area contributed by atoms with Gasteiger partial charge in [-0.3, -0.25) is 5.41 Å². The van der Waals surface area contributed by atoms with Crippen LogP contribution in [-0.2, 0) is 13.1 Å². The van der Waals surface area contributed by atoms with E-state index in [1.54, 1.807) is 12.4 Å². The summed E-state index contributed by atoms with van der Waals surface area (Å²) >= 11 is 0. The van der Waals surface area contributed by atoms with Crippen molar-refractivity contribution < 1.29 is 0 Å². The molecule has 0 bridgehead atoms. The monoisotopic (exact) mass is 239 g/mol. The Hall–Kier alpha value is -2.43. The van der Waals surface area contributed by atoms with Crippen LogP contribution < -0.4 is 10.6 Å². The average Bonchev–Trinajstić information content (AvgIpc) is 2.82. The van der Waals surface area contributed by atoms with Crippen molar-refractivity contribution >= 4 is 11.7 Å². The molecule has 0 aliphatic carbocycles. The largest absolute Gasteiger partial charge is 0.382 e. The number of nitrogens with one attached hydrogen (secondary N) is 1. The molecule has 18 heavy (non-hydrogen) atoms. The molecular weight excluding hydrogens is 226 g/mol. The molecule has 2 aromatic rings. The lowest BCUT2D eigenvalue weighted by atomic mass is 10.1. The van der Waals surface area contributed by atoms with Crippen LogP contribution in [0.2, 0.25) is 0 Å². The summed E-state index contributed by atoms with van der Waals surface area (Å²) in [6, 6.07) is 8.36. The third kappa shape index (κ3) is 1.79. The van der Waals surface area contributed by atoms with Gasteiger partial charge in [0.2, 0.25) is 0 Å². The number of aromatic nitrogens is 2. The van der Waals surface area contributed by atoms with Crippen molar-refractivity contribution in [3.05, 3.63) is 53.5 Å². The summed E-state index contributed by atoms with van der Waals surface area (Å²) in [5.41, 5.74) is 8.42. The van der Waals surface area contributed by atoms with Gasteiger partial charge in [0.25, 0.3) is 0 Å². The Labute approximate surface area is 105 Å². The lowest BCUT2D eigenvalue weighted by Gasteiger charge is -2.15. The van der Waals surface area contributed by atoms with Gasteiger partial charge in [-0.05, 0) is 11.1 Å². The molecule has 1 aromatic heterocycles. The van der Waals surface area contributed by atoms with Crippen LogP contribution in [0.25, 0.3) is 0 Å². The first-order valence-corrected chi connectivity index (χ1v) is 5.72. The highest BCUT2D eigenvalue weighted by atomic mass is 15.2. The second-order valence-electron chi connectivity index (χ2n) is 4.30. The van der Waals surface area contributed by atoms with Gasteiger partial charge < -0.3 is 10.6 Å². The van der Waals surface area contributed by atoms with Crippen LogP contribution in [0, 0.1) is 5.41 Å². The molecule has 0 spiro atoms. The predicted octanol–water partition coefficient (Wildman–Crippen LogP) is 1.28. The molecule has 1 aromatic carbocycles. The lowest BCUT2D eigenvalue weighted by molar-refractivity contribution is 0.849. The minimum Gasteiger partial charge on any atom is -0.382 e. The highest BCUT2D eigenvalue weighted by Crippen LogP contribution is 2.25. The lowest BCUT2D eigenvalue weighted by Crippen LogP contribution is -2.18. The van der Waals surface area contributed by atoms with Crippen molar-refractivity contribution in [2.75, 3.05) is 4.90 Å². The fraction of sp³-hybridized carbons (Fsp3) is 0.154. The van der Waals surface area contributed by atoms with Gasteiger partial charge in [0.1, 0.15) is 17.3 Å². The summed E-state index contributed by atoms with van der Waals surface area (Å²) in [6.07, 6.45) is 3.21. The summed E-state index contributed by atoms with van der Waals surface area (Å²) in [6.45, 7) is 1.70. The van der Waals surface area contributed by atoms with E-state index in [4.69, 9.17) is 11.1 Å². The van der Waals surface area contributed by atoms with E-state index in [0.29, 0.717) is 5.69 Å². The quantitative estimate of drug-likeness (QED) is 0.611. The predicted molar refractivity (Wildman–Crippen MR) is 69.4 cm³/mol. The topological polar surface area (TPSA) is 78.9 Å². The smallest absolute Gasteiger partial charge is 0.147 e. The minimum atomic E-state index is -0.0567. The number of hydrogen-bond acceptors (Lipinski definition) is 4. The molecule has 3 N–H and O–H groups in total. The molecule has 0 radical (unpaired) electrons. The van der Waals surface area contributed by atoms with Gasteiger partial charge in [-0.1, -0.05) is 24.3 Å². The van der Waals surface area contributed by atoms with E-state index >= 15 is 0 Å².